The Labute approximate surface area is 124 Å². The largest absolute Gasteiger partial charge is 0.389 e. The molecule has 0 atom stereocenters. The second-order valence-electron chi connectivity index (χ2n) is 4.48. The maximum Gasteiger partial charge on any atom is 0.389 e. The summed E-state index contributed by atoms with van der Waals surface area (Å²) in [4.78, 5) is 15.5. The summed E-state index contributed by atoms with van der Waals surface area (Å²) in [5, 5.41) is 0.602. The van der Waals surface area contributed by atoms with Gasteiger partial charge in [0.25, 0.3) is 0 Å². The van der Waals surface area contributed by atoms with Crippen molar-refractivity contribution in [1.29, 1.82) is 0 Å². The molecule has 0 aliphatic heterocycles. The molecule has 0 spiro atoms. The fourth-order valence-electron chi connectivity index (χ4n) is 1.76. The quantitative estimate of drug-likeness (QED) is 0.749. The number of hydrogen-bond acceptors (Lipinski definition) is 2. The minimum atomic E-state index is -4.33. The lowest BCUT2D eigenvalue weighted by atomic mass is 10.1. The van der Waals surface area contributed by atoms with Crippen LogP contribution in [0, 0.1) is 0 Å². The van der Waals surface area contributed by atoms with E-state index in [1.165, 1.54) is 12.3 Å². The van der Waals surface area contributed by atoms with Gasteiger partial charge in [-0.1, -0.05) is 29.8 Å². The Kier molecular flexibility index (Phi) is 4.63. The fraction of sp³-hybridized carbons (Fsp3) is 0.200. The molecular weight excluding hydrogens is 303 g/mol. The summed E-state index contributed by atoms with van der Waals surface area (Å²) < 4.78 is 36.2. The van der Waals surface area contributed by atoms with Crippen LogP contribution in [0.5, 0.6) is 0 Å². The number of alkyl halides is 3. The van der Waals surface area contributed by atoms with Crippen LogP contribution in [0.25, 0.3) is 11.1 Å². The van der Waals surface area contributed by atoms with E-state index in [0.29, 0.717) is 5.02 Å². The third-order valence-corrected chi connectivity index (χ3v) is 3.11. The van der Waals surface area contributed by atoms with Crippen molar-refractivity contribution in [2.24, 2.45) is 0 Å². The van der Waals surface area contributed by atoms with Crippen LogP contribution in [0.1, 0.15) is 23.3 Å². The highest BCUT2D eigenvalue weighted by Crippen LogP contribution is 2.23. The Hall–Kier alpha value is -1.88. The molecular formula is C15H11ClF3NO. The summed E-state index contributed by atoms with van der Waals surface area (Å²) in [5.74, 6) is -0.616. The van der Waals surface area contributed by atoms with Crippen LogP contribution < -0.4 is 0 Å². The van der Waals surface area contributed by atoms with Gasteiger partial charge in [0.2, 0.25) is 0 Å². The molecule has 0 N–H and O–H groups in total. The lowest BCUT2D eigenvalue weighted by Gasteiger charge is -2.06. The average molecular weight is 314 g/mol. The first-order valence-corrected chi connectivity index (χ1v) is 6.55. The number of carbonyl (C=O) groups excluding carboxylic acids is 1. The molecule has 1 aromatic heterocycles. The van der Waals surface area contributed by atoms with E-state index in [2.05, 4.69) is 4.98 Å². The van der Waals surface area contributed by atoms with Crippen molar-refractivity contribution in [3.05, 3.63) is 53.3 Å². The van der Waals surface area contributed by atoms with Gasteiger partial charge in [-0.3, -0.25) is 9.78 Å². The second kappa shape index (κ2) is 6.26. The standard InChI is InChI=1S/C15H11ClF3NO/c16-12-4-1-10(2-5-12)11-3-6-13(20-9-11)14(21)7-8-15(17,18)19/h1-6,9H,7-8H2. The highest BCUT2D eigenvalue weighted by Gasteiger charge is 2.28. The zero-order valence-electron chi connectivity index (χ0n) is 10.8. The van der Waals surface area contributed by atoms with Crippen LogP contribution in [0.4, 0.5) is 13.2 Å². The number of ketones is 1. The van der Waals surface area contributed by atoms with Crippen molar-refractivity contribution in [3.63, 3.8) is 0 Å². The highest BCUT2D eigenvalue weighted by atomic mass is 35.5. The average Bonchev–Trinajstić information content (AvgIpc) is 2.45. The highest BCUT2D eigenvalue weighted by molar-refractivity contribution is 6.30. The van der Waals surface area contributed by atoms with Gasteiger partial charge >= 0.3 is 6.18 Å². The molecule has 0 radical (unpaired) electrons. The maximum atomic E-state index is 12.1. The third kappa shape index (κ3) is 4.56. The molecule has 1 heterocycles. The van der Waals surface area contributed by atoms with Gasteiger partial charge in [0.1, 0.15) is 5.69 Å². The van der Waals surface area contributed by atoms with Crippen LogP contribution >= 0.6 is 11.6 Å². The van der Waals surface area contributed by atoms with Gasteiger partial charge < -0.3 is 0 Å². The first kappa shape index (κ1) is 15.5. The van der Waals surface area contributed by atoms with E-state index in [4.69, 9.17) is 11.6 Å². The van der Waals surface area contributed by atoms with Crippen molar-refractivity contribution in [2.45, 2.75) is 19.0 Å². The van der Waals surface area contributed by atoms with E-state index in [0.717, 1.165) is 11.1 Å². The smallest absolute Gasteiger partial charge is 0.292 e. The van der Waals surface area contributed by atoms with E-state index >= 15 is 0 Å². The number of hydrogen-bond donors (Lipinski definition) is 0. The molecule has 0 amide bonds. The van der Waals surface area contributed by atoms with E-state index in [1.54, 1.807) is 30.3 Å². The third-order valence-electron chi connectivity index (χ3n) is 2.86. The van der Waals surface area contributed by atoms with Crippen LogP contribution in [0.15, 0.2) is 42.6 Å². The predicted molar refractivity (Wildman–Crippen MR) is 74.3 cm³/mol. The number of halogens is 4. The number of Topliss-reactive ketones (excluding diaryl/α,β-unsaturated/α-hetero) is 1. The second-order valence-corrected chi connectivity index (χ2v) is 4.91. The zero-order valence-corrected chi connectivity index (χ0v) is 11.6. The molecule has 0 aliphatic rings. The molecule has 6 heteroatoms. The topological polar surface area (TPSA) is 30.0 Å². The van der Waals surface area contributed by atoms with Crippen LogP contribution in [0.3, 0.4) is 0 Å². The first-order chi connectivity index (χ1) is 9.85. The van der Waals surface area contributed by atoms with Crippen LogP contribution in [-0.2, 0) is 0 Å². The van der Waals surface area contributed by atoms with Crippen LogP contribution in [-0.4, -0.2) is 16.9 Å². The minimum absolute atomic E-state index is 0.0389. The summed E-state index contributed by atoms with van der Waals surface area (Å²) >= 11 is 5.79. The lowest BCUT2D eigenvalue weighted by molar-refractivity contribution is -0.133. The van der Waals surface area contributed by atoms with E-state index < -0.39 is 24.8 Å². The number of benzene rings is 1. The molecule has 0 bridgehead atoms. The summed E-state index contributed by atoms with van der Waals surface area (Å²) in [7, 11) is 0. The molecule has 0 fully saturated rings. The van der Waals surface area contributed by atoms with Crippen molar-refractivity contribution in [1.82, 2.24) is 4.98 Å². The maximum absolute atomic E-state index is 12.1. The number of aromatic nitrogens is 1. The minimum Gasteiger partial charge on any atom is -0.292 e. The lowest BCUT2D eigenvalue weighted by Crippen LogP contribution is -2.11. The predicted octanol–water partition coefficient (Wildman–Crippen LogP) is 4.93. The molecule has 0 saturated carbocycles. The molecule has 110 valence electrons. The molecule has 0 unspecified atom stereocenters. The summed E-state index contributed by atoms with van der Waals surface area (Å²) in [6.45, 7) is 0. The molecule has 2 nitrogen and oxygen atoms in total. The zero-order chi connectivity index (χ0) is 15.5. The Morgan fingerprint density at radius 2 is 1.67 bits per heavy atom. The number of rotatable bonds is 4. The van der Waals surface area contributed by atoms with Gasteiger partial charge in [0, 0.05) is 23.2 Å². The Morgan fingerprint density at radius 1 is 1.05 bits per heavy atom. The molecule has 21 heavy (non-hydrogen) atoms. The fourth-order valence-corrected chi connectivity index (χ4v) is 1.88. The molecule has 1 aromatic carbocycles. The van der Waals surface area contributed by atoms with Crippen molar-refractivity contribution < 1.29 is 18.0 Å². The summed E-state index contributed by atoms with van der Waals surface area (Å²) in [6.07, 6.45) is -4.59. The van der Waals surface area contributed by atoms with Gasteiger partial charge in [-0.05, 0) is 23.8 Å². The van der Waals surface area contributed by atoms with E-state index in [1.807, 2.05) is 0 Å². The van der Waals surface area contributed by atoms with Crippen molar-refractivity contribution >= 4 is 17.4 Å². The normalized spacial score (nSPS) is 11.4. The number of carbonyl (C=O) groups is 1. The van der Waals surface area contributed by atoms with Gasteiger partial charge in [0.05, 0.1) is 6.42 Å². The molecule has 0 saturated heterocycles. The Morgan fingerprint density at radius 3 is 2.19 bits per heavy atom. The van der Waals surface area contributed by atoms with E-state index in [9.17, 15) is 18.0 Å². The van der Waals surface area contributed by atoms with Crippen molar-refractivity contribution in [3.8, 4) is 11.1 Å². The van der Waals surface area contributed by atoms with Crippen molar-refractivity contribution in [2.75, 3.05) is 0 Å². The van der Waals surface area contributed by atoms with Gasteiger partial charge in [-0.15, -0.1) is 0 Å². The first-order valence-electron chi connectivity index (χ1n) is 6.17. The number of nitrogens with zero attached hydrogens (tertiary/aromatic N) is 1. The van der Waals surface area contributed by atoms with E-state index in [-0.39, 0.29) is 5.69 Å². The Bertz CT molecular complexity index is 621. The molecule has 2 rings (SSSR count). The monoisotopic (exact) mass is 313 g/mol. The molecule has 0 aliphatic carbocycles. The SMILES string of the molecule is O=C(CCC(F)(F)F)c1ccc(-c2ccc(Cl)cc2)cn1. The van der Waals surface area contributed by atoms with Gasteiger partial charge in [-0.2, -0.15) is 13.2 Å². The van der Waals surface area contributed by atoms with Crippen LogP contribution in [0.2, 0.25) is 5.02 Å². The summed E-state index contributed by atoms with van der Waals surface area (Å²) in [5.41, 5.74) is 1.66. The number of pyridine rings is 1. The van der Waals surface area contributed by atoms with Gasteiger partial charge in [-0.25, -0.2) is 0 Å². The summed E-state index contributed by atoms with van der Waals surface area (Å²) in [6, 6.07) is 10.1. The molecule has 2 aromatic rings. The Balaban J connectivity index is 2.08. The van der Waals surface area contributed by atoms with Gasteiger partial charge in [0.15, 0.2) is 5.78 Å².